The Kier molecular flexibility index (Phi) is 2.67. The second-order valence-corrected chi connectivity index (χ2v) is 4.84. The summed E-state index contributed by atoms with van der Waals surface area (Å²) in [6.45, 7) is 0. The molecule has 2 N–H and O–H groups in total. The van der Waals surface area contributed by atoms with Crippen molar-refractivity contribution < 1.29 is 14.7 Å². The summed E-state index contributed by atoms with van der Waals surface area (Å²) in [4.78, 5) is 21.7. The first kappa shape index (κ1) is 10.5. The molecule has 2 unspecified atom stereocenters. The lowest BCUT2D eigenvalue weighted by atomic mass is 9.74. The number of carbonyl (C=O) groups is 2. The van der Waals surface area contributed by atoms with Gasteiger partial charge in [-0.05, 0) is 43.9 Å². The van der Waals surface area contributed by atoms with Crippen LogP contribution in [0.3, 0.4) is 0 Å². The molecule has 0 heterocycles. The number of carbonyl (C=O) groups excluding carboxylic acids is 1. The zero-order chi connectivity index (χ0) is 10.9. The summed E-state index contributed by atoms with van der Waals surface area (Å²) in [6, 6.07) is 0. The number of nitrogens with one attached hydrogen (secondary N) is 1. The highest BCUT2D eigenvalue weighted by molar-refractivity contribution is 5.81. The molecule has 2 aliphatic carbocycles. The number of carboxylic acids is 1. The van der Waals surface area contributed by atoms with Gasteiger partial charge in [0.25, 0.3) is 0 Å². The van der Waals surface area contributed by atoms with E-state index in [0.29, 0.717) is 25.2 Å². The molecule has 0 saturated heterocycles. The summed E-state index contributed by atoms with van der Waals surface area (Å²) < 4.78 is 0. The normalized spacial score (nSPS) is 35.9. The molecule has 2 aliphatic rings. The fraction of sp³-hybridized carbons (Fsp3) is 0.818. The Balaban J connectivity index is 2.08. The van der Waals surface area contributed by atoms with Crippen LogP contribution in [0.2, 0.25) is 0 Å². The van der Waals surface area contributed by atoms with Gasteiger partial charge in [0, 0.05) is 0 Å². The van der Waals surface area contributed by atoms with E-state index in [2.05, 4.69) is 5.32 Å². The maximum atomic E-state index is 11.2. The molecular formula is C11H17NO3. The van der Waals surface area contributed by atoms with Gasteiger partial charge in [-0.25, -0.2) is 4.79 Å². The first-order valence-electron chi connectivity index (χ1n) is 5.63. The van der Waals surface area contributed by atoms with Crippen molar-refractivity contribution in [2.75, 3.05) is 0 Å². The minimum Gasteiger partial charge on any atom is -0.480 e. The molecule has 2 saturated carbocycles. The first-order valence-corrected chi connectivity index (χ1v) is 5.63. The lowest BCUT2D eigenvalue weighted by molar-refractivity contribution is -0.148. The van der Waals surface area contributed by atoms with Gasteiger partial charge in [-0.3, -0.25) is 4.79 Å². The minimum absolute atomic E-state index is 0.502. The average Bonchev–Trinajstić information content (AvgIpc) is 3.01. The fourth-order valence-electron chi connectivity index (χ4n) is 2.79. The summed E-state index contributed by atoms with van der Waals surface area (Å²) in [6.07, 6.45) is 6.23. The van der Waals surface area contributed by atoms with Gasteiger partial charge in [0.05, 0.1) is 0 Å². The highest BCUT2D eigenvalue weighted by atomic mass is 16.4. The van der Waals surface area contributed by atoms with Gasteiger partial charge in [-0.15, -0.1) is 0 Å². The Labute approximate surface area is 89.0 Å². The fourth-order valence-corrected chi connectivity index (χ4v) is 2.79. The molecule has 0 aromatic rings. The van der Waals surface area contributed by atoms with Crippen LogP contribution < -0.4 is 5.32 Å². The summed E-state index contributed by atoms with van der Waals surface area (Å²) in [5, 5.41) is 11.7. The topological polar surface area (TPSA) is 66.4 Å². The van der Waals surface area contributed by atoms with Crippen LogP contribution in [0.25, 0.3) is 0 Å². The SMILES string of the molecule is O=CNC1(C(=O)O)CCCC(C2CC2)C1. The monoisotopic (exact) mass is 211 g/mol. The molecule has 0 aromatic carbocycles. The second-order valence-electron chi connectivity index (χ2n) is 4.84. The highest BCUT2D eigenvalue weighted by Gasteiger charge is 2.46. The van der Waals surface area contributed by atoms with Crippen molar-refractivity contribution in [2.45, 2.75) is 44.1 Å². The van der Waals surface area contributed by atoms with Crippen LogP contribution in [0.5, 0.6) is 0 Å². The first-order chi connectivity index (χ1) is 7.18. The molecule has 0 bridgehead atoms. The minimum atomic E-state index is -0.979. The number of hydrogen-bond donors (Lipinski definition) is 2. The van der Waals surface area contributed by atoms with E-state index >= 15 is 0 Å². The molecule has 4 nitrogen and oxygen atoms in total. The third-order valence-electron chi connectivity index (χ3n) is 3.82. The second kappa shape index (κ2) is 3.83. The Morgan fingerprint density at radius 2 is 2.07 bits per heavy atom. The Morgan fingerprint density at radius 1 is 1.33 bits per heavy atom. The van der Waals surface area contributed by atoms with E-state index in [1.165, 1.54) is 12.8 Å². The molecule has 0 aromatic heterocycles. The summed E-state index contributed by atoms with van der Waals surface area (Å²) >= 11 is 0. The zero-order valence-electron chi connectivity index (χ0n) is 8.74. The highest BCUT2D eigenvalue weighted by Crippen LogP contribution is 2.46. The van der Waals surface area contributed by atoms with E-state index in [-0.39, 0.29) is 0 Å². The van der Waals surface area contributed by atoms with Crippen LogP contribution in [0.4, 0.5) is 0 Å². The van der Waals surface area contributed by atoms with Gasteiger partial charge in [0.1, 0.15) is 5.54 Å². The lowest BCUT2D eigenvalue weighted by Crippen LogP contribution is -2.54. The van der Waals surface area contributed by atoms with Crippen molar-refractivity contribution in [1.29, 1.82) is 0 Å². The number of rotatable bonds is 4. The molecule has 84 valence electrons. The molecule has 2 atom stereocenters. The van der Waals surface area contributed by atoms with Crippen molar-refractivity contribution >= 4 is 12.4 Å². The van der Waals surface area contributed by atoms with Crippen LogP contribution in [0.1, 0.15) is 38.5 Å². The lowest BCUT2D eigenvalue weighted by Gasteiger charge is -2.37. The van der Waals surface area contributed by atoms with Gasteiger partial charge >= 0.3 is 5.97 Å². The number of amides is 1. The van der Waals surface area contributed by atoms with Gasteiger partial charge in [-0.2, -0.15) is 0 Å². The maximum absolute atomic E-state index is 11.2. The Morgan fingerprint density at radius 3 is 2.60 bits per heavy atom. The van der Waals surface area contributed by atoms with E-state index in [4.69, 9.17) is 0 Å². The molecule has 15 heavy (non-hydrogen) atoms. The van der Waals surface area contributed by atoms with E-state index in [1.54, 1.807) is 0 Å². The molecule has 2 rings (SSSR count). The molecule has 4 heteroatoms. The average molecular weight is 211 g/mol. The molecule has 1 amide bonds. The summed E-state index contributed by atoms with van der Waals surface area (Å²) in [5.74, 6) is 0.347. The summed E-state index contributed by atoms with van der Waals surface area (Å²) in [5.41, 5.74) is -0.979. The van der Waals surface area contributed by atoms with Crippen molar-refractivity contribution in [2.24, 2.45) is 11.8 Å². The van der Waals surface area contributed by atoms with Crippen LogP contribution in [0, 0.1) is 11.8 Å². The van der Waals surface area contributed by atoms with E-state index in [0.717, 1.165) is 18.8 Å². The summed E-state index contributed by atoms with van der Waals surface area (Å²) in [7, 11) is 0. The van der Waals surface area contributed by atoms with Crippen molar-refractivity contribution in [3.63, 3.8) is 0 Å². The largest absolute Gasteiger partial charge is 0.480 e. The van der Waals surface area contributed by atoms with Gasteiger partial charge in [0.2, 0.25) is 6.41 Å². The van der Waals surface area contributed by atoms with Crippen molar-refractivity contribution in [3.05, 3.63) is 0 Å². The van der Waals surface area contributed by atoms with Gasteiger partial charge in [0.15, 0.2) is 0 Å². The zero-order valence-corrected chi connectivity index (χ0v) is 8.74. The molecule has 0 radical (unpaired) electrons. The quantitative estimate of drug-likeness (QED) is 0.686. The Hall–Kier alpha value is -1.06. The smallest absolute Gasteiger partial charge is 0.329 e. The van der Waals surface area contributed by atoms with Gasteiger partial charge in [-0.1, -0.05) is 6.42 Å². The van der Waals surface area contributed by atoms with Crippen LogP contribution >= 0.6 is 0 Å². The number of carboxylic acid groups (broad SMARTS) is 1. The predicted octanol–water partition coefficient (Wildman–Crippen LogP) is 1.16. The molecule has 2 fully saturated rings. The van der Waals surface area contributed by atoms with Crippen molar-refractivity contribution in [3.8, 4) is 0 Å². The third-order valence-corrected chi connectivity index (χ3v) is 3.82. The maximum Gasteiger partial charge on any atom is 0.329 e. The standard InChI is InChI=1S/C11H17NO3/c13-7-12-11(10(14)15)5-1-2-9(6-11)8-3-4-8/h7-9H,1-6H2,(H,12,13)(H,14,15). The van der Waals surface area contributed by atoms with Crippen LogP contribution in [0.15, 0.2) is 0 Å². The number of hydrogen-bond acceptors (Lipinski definition) is 2. The Bertz CT molecular complexity index is 275. The predicted molar refractivity (Wildman–Crippen MR) is 54.2 cm³/mol. The third kappa shape index (κ3) is 1.98. The molecular weight excluding hydrogens is 194 g/mol. The van der Waals surface area contributed by atoms with Crippen molar-refractivity contribution in [1.82, 2.24) is 5.32 Å². The molecule has 0 aliphatic heterocycles. The molecule has 0 spiro atoms. The van der Waals surface area contributed by atoms with Crippen LogP contribution in [-0.2, 0) is 9.59 Å². The van der Waals surface area contributed by atoms with E-state index in [1.807, 2.05) is 0 Å². The van der Waals surface area contributed by atoms with E-state index in [9.17, 15) is 14.7 Å². The van der Waals surface area contributed by atoms with Gasteiger partial charge < -0.3 is 10.4 Å². The van der Waals surface area contributed by atoms with E-state index < -0.39 is 11.5 Å². The van der Waals surface area contributed by atoms with Crippen LogP contribution in [-0.4, -0.2) is 23.0 Å². The number of aliphatic carboxylic acids is 1.